The molecular formula is C26H42. The van der Waals surface area contributed by atoms with Crippen LogP contribution in [-0.2, 0) is 0 Å². The molecule has 0 N–H and O–H groups in total. The van der Waals surface area contributed by atoms with Gasteiger partial charge >= 0.3 is 0 Å². The van der Waals surface area contributed by atoms with E-state index in [0.29, 0.717) is 0 Å². The Labute approximate surface area is 163 Å². The lowest BCUT2D eigenvalue weighted by Gasteiger charge is -2.30. The summed E-state index contributed by atoms with van der Waals surface area (Å²) in [7, 11) is 0. The van der Waals surface area contributed by atoms with Crippen molar-refractivity contribution in [2.24, 2.45) is 11.8 Å². The molecule has 0 heteroatoms. The summed E-state index contributed by atoms with van der Waals surface area (Å²) in [6.45, 7) is 4.67. The van der Waals surface area contributed by atoms with Gasteiger partial charge in [-0.25, -0.2) is 0 Å². The minimum atomic E-state index is 0.839. The fourth-order valence-electron chi connectivity index (χ4n) is 5.59. The minimum absolute atomic E-state index is 0.839. The van der Waals surface area contributed by atoms with Crippen LogP contribution in [0.2, 0.25) is 0 Å². The molecule has 0 unspecified atom stereocenters. The van der Waals surface area contributed by atoms with Gasteiger partial charge < -0.3 is 0 Å². The Bertz CT molecular complexity index is 483. The van der Waals surface area contributed by atoms with E-state index in [1.54, 1.807) is 11.1 Å². The summed E-state index contributed by atoms with van der Waals surface area (Å²) in [5.74, 6) is 3.70. The molecule has 1 aromatic rings. The predicted molar refractivity (Wildman–Crippen MR) is 115 cm³/mol. The van der Waals surface area contributed by atoms with E-state index < -0.39 is 0 Å². The van der Waals surface area contributed by atoms with Gasteiger partial charge in [-0.15, -0.1) is 0 Å². The topological polar surface area (TPSA) is 0 Å². The third-order valence-electron chi connectivity index (χ3n) is 7.62. The van der Waals surface area contributed by atoms with Crippen LogP contribution in [0.3, 0.4) is 0 Å². The monoisotopic (exact) mass is 354 g/mol. The SMILES string of the molecule is CCCCCC[C@H]1CC[C@H](c2ccc([C@H]3CC[C@H](CC)CC3)cc2)CC1. The van der Waals surface area contributed by atoms with Gasteiger partial charge in [0, 0.05) is 0 Å². The molecule has 0 aromatic heterocycles. The van der Waals surface area contributed by atoms with E-state index in [1.807, 2.05) is 0 Å². The summed E-state index contributed by atoms with van der Waals surface area (Å²) in [5.41, 5.74) is 3.24. The zero-order valence-corrected chi connectivity index (χ0v) is 17.5. The average molecular weight is 355 g/mol. The van der Waals surface area contributed by atoms with E-state index in [4.69, 9.17) is 0 Å². The highest BCUT2D eigenvalue weighted by atomic mass is 14.3. The minimum Gasteiger partial charge on any atom is -0.0654 e. The molecule has 2 saturated carbocycles. The molecule has 2 aliphatic rings. The second-order valence-corrected chi connectivity index (χ2v) is 9.36. The molecule has 2 aliphatic carbocycles. The second-order valence-electron chi connectivity index (χ2n) is 9.36. The molecule has 146 valence electrons. The largest absolute Gasteiger partial charge is 0.0654 e. The van der Waals surface area contributed by atoms with E-state index in [1.165, 1.54) is 89.9 Å². The summed E-state index contributed by atoms with van der Waals surface area (Å²) >= 11 is 0. The van der Waals surface area contributed by atoms with Crippen molar-refractivity contribution < 1.29 is 0 Å². The second kappa shape index (κ2) is 10.5. The van der Waals surface area contributed by atoms with E-state index in [2.05, 4.69) is 38.1 Å². The van der Waals surface area contributed by atoms with Crippen molar-refractivity contribution in [2.75, 3.05) is 0 Å². The average Bonchev–Trinajstić information content (AvgIpc) is 2.72. The van der Waals surface area contributed by atoms with Crippen LogP contribution in [0.1, 0.15) is 127 Å². The van der Waals surface area contributed by atoms with Crippen LogP contribution in [0, 0.1) is 11.8 Å². The van der Waals surface area contributed by atoms with Crippen molar-refractivity contribution in [3.63, 3.8) is 0 Å². The molecule has 0 aliphatic heterocycles. The molecule has 0 bridgehead atoms. The Hall–Kier alpha value is -0.780. The number of hydrogen-bond donors (Lipinski definition) is 0. The van der Waals surface area contributed by atoms with E-state index >= 15 is 0 Å². The molecule has 0 radical (unpaired) electrons. The highest BCUT2D eigenvalue weighted by Gasteiger charge is 2.24. The molecule has 1 aromatic carbocycles. The van der Waals surface area contributed by atoms with Gasteiger partial charge in [0.15, 0.2) is 0 Å². The normalized spacial score (nSPS) is 29.6. The van der Waals surface area contributed by atoms with Crippen molar-refractivity contribution in [2.45, 2.75) is 116 Å². The lowest BCUT2D eigenvalue weighted by atomic mass is 9.75. The van der Waals surface area contributed by atoms with Crippen molar-refractivity contribution in [1.29, 1.82) is 0 Å². The van der Waals surface area contributed by atoms with Gasteiger partial charge in [0.05, 0.1) is 0 Å². The maximum absolute atomic E-state index is 2.48. The van der Waals surface area contributed by atoms with Crippen molar-refractivity contribution >= 4 is 0 Å². The number of rotatable bonds is 8. The van der Waals surface area contributed by atoms with Crippen LogP contribution in [0.5, 0.6) is 0 Å². The fourth-order valence-corrected chi connectivity index (χ4v) is 5.59. The third kappa shape index (κ3) is 5.61. The molecule has 0 amide bonds. The highest BCUT2D eigenvalue weighted by Crippen LogP contribution is 2.40. The first-order valence-corrected chi connectivity index (χ1v) is 11.9. The number of unbranched alkanes of at least 4 members (excludes halogenated alkanes) is 3. The lowest BCUT2D eigenvalue weighted by molar-refractivity contribution is 0.302. The Kier molecular flexibility index (Phi) is 8.08. The third-order valence-corrected chi connectivity index (χ3v) is 7.62. The molecule has 26 heavy (non-hydrogen) atoms. The molecule has 0 nitrogen and oxygen atoms in total. The van der Waals surface area contributed by atoms with Gasteiger partial charge in [-0.05, 0) is 86.2 Å². The summed E-state index contributed by atoms with van der Waals surface area (Å²) < 4.78 is 0. The Morgan fingerprint density at radius 1 is 0.615 bits per heavy atom. The van der Waals surface area contributed by atoms with Crippen molar-refractivity contribution in [1.82, 2.24) is 0 Å². The van der Waals surface area contributed by atoms with Gasteiger partial charge in [-0.2, -0.15) is 0 Å². The van der Waals surface area contributed by atoms with Gasteiger partial charge in [0.1, 0.15) is 0 Å². The summed E-state index contributed by atoms with van der Waals surface area (Å²) in [6, 6.07) is 9.91. The first-order chi connectivity index (χ1) is 12.8. The zero-order valence-electron chi connectivity index (χ0n) is 17.5. The van der Waals surface area contributed by atoms with Gasteiger partial charge in [0.2, 0.25) is 0 Å². The first kappa shape index (κ1) is 20.0. The van der Waals surface area contributed by atoms with E-state index in [9.17, 15) is 0 Å². The van der Waals surface area contributed by atoms with Gasteiger partial charge in [0.25, 0.3) is 0 Å². The van der Waals surface area contributed by atoms with E-state index in [0.717, 1.165) is 23.7 Å². The van der Waals surface area contributed by atoms with Crippen LogP contribution in [0.25, 0.3) is 0 Å². The smallest absolute Gasteiger partial charge is 0.0162 e. The summed E-state index contributed by atoms with van der Waals surface area (Å²) in [4.78, 5) is 0. The van der Waals surface area contributed by atoms with Gasteiger partial charge in [-0.3, -0.25) is 0 Å². The standard InChI is InChI=1S/C26H42/c1-3-5-6-7-8-22-11-15-24(16-12-22)26-19-17-25(18-20-26)23-13-9-21(4-2)10-14-23/h17-24H,3-16H2,1-2H3/t21-,22-,23-,24-. The van der Waals surface area contributed by atoms with Crippen LogP contribution in [-0.4, -0.2) is 0 Å². The zero-order chi connectivity index (χ0) is 18.2. The maximum Gasteiger partial charge on any atom is -0.0162 e. The van der Waals surface area contributed by atoms with E-state index in [-0.39, 0.29) is 0 Å². The Balaban J connectivity index is 1.43. The number of hydrogen-bond acceptors (Lipinski definition) is 0. The highest BCUT2D eigenvalue weighted by molar-refractivity contribution is 5.28. The quantitative estimate of drug-likeness (QED) is 0.410. The Morgan fingerprint density at radius 3 is 1.58 bits per heavy atom. The maximum atomic E-state index is 2.48. The van der Waals surface area contributed by atoms with Crippen LogP contribution < -0.4 is 0 Å². The predicted octanol–water partition coefficient (Wildman–Crippen LogP) is 8.61. The van der Waals surface area contributed by atoms with Crippen LogP contribution in [0.15, 0.2) is 24.3 Å². The first-order valence-electron chi connectivity index (χ1n) is 11.9. The molecule has 0 heterocycles. The van der Waals surface area contributed by atoms with Gasteiger partial charge in [-0.1, -0.05) is 76.6 Å². The molecule has 2 fully saturated rings. The van der Waals surface area contributed by atoms with Crippen molar-refractivity contribution in [3.8, 4) is 0 Å². The lowest BCUT2D eigenvalue weighted by Crippen LogP contribution is -2.14. The number of benzene rings is 1. The molecular weight excluding hydrogens is 312 g/mol. The summed E-state index contributed by atoms with van der Waals surface area (Å²) in [5, 5.41) is 0. The molecule has 0 atom stereocenters. The fraction of sp³-hybridized carbons (Fsp3) is 0.769. The van der Waals surface area contributed by atoms with Crippen molar-refractivity contribution in [3.05, 3.63) is 35.4 Å². The summed E-state index contributed by atoms with van der Waals surface area (Å²) in [6.07, 6.45) is 20.1. The Morgan fingerprint density at radius 2 is 1.12 bits per heavy atom. The van der Waals surface area contributed by atoms with Crippen LogP contribution >= 0.6 is 0 Å². The molecule has 0 saturated heterocycles. The van der Waals surface area contributed by atoms with Crippen LogP contribution in [0.4, 0.5) is 0 Å². The molecule has 3 rings (SSSR count). The molecule has 0 spiro atoms.